The van der Waals surface area contributed by atoms with Crippen LogP contribution in [0.3, 0.4) is 0 Å². The van der Waals surface area contributed by atoms with Gasteiger partial charge in [0, 0.05) is 35.5 Å². The second-order valence-corrected chi connectivity index (χ2v) is 16.8. The number of ether oxygens (including phenoxy) is 3. The molecule has 3 aliphatic carbocycles. The van der Waals surface area contributed by atoms with Crippen LogP contribution in [0.2, 0.25) is 5.02 Å². The SMILES string of the molecule is COc1nc(-c2c(Cl)c(C)cc3[nH]ncc23)c(F)c2nc(OCC34CCCC3N(CC3CC5(CC5)C3)CCC4)nc(N3CCOCC(C)(O)C3)c12. The number of benzene rings is 1. The number of hydrogen-bond acceptors (Lipinski definition) is 10. The highest BCUT2D eigenvalue weighted by atomic mass is 35.5. The molecule has 5 aliphatic rings. The van der Waals surface area contributed by atoms with Gasteiger partial charge < -0.3 is 24.2 Å². The van der Waals surface area contributed by atoms with Crippen LogP contribution in [0.15, 0.2) is 12.3 Å². The topological polar surface area (TPSA) is 122 Å². The van der Waals surface area contributed by atoms with Crippen LogP contribution in [0.1, 0.15) is 70.3 Å². The Morgan fingerprint density at radius 3 is 2.76 bits per heavy atom. The van der Waals surface area contributed by atoms with E-state index in [0.717, 1.165) is 37.3 Å². The van der Waals surface area contributed by atoms with Crippen LogP contribution in [0.25, 0.3) is 33.1 Å². The number of anilines is 1. The third-order valence-electron chi connectivity index (χ3n) is 12.6. The molecule has 272 valence electrons. The van der Waals surface area contributed by atoms with Gasteiger partial charge in [0.2, 0.25) is 5.88 Å². The maximum atomic E-state index is 17.2. The number of nitrogens with one attached hydrogen (secondary N) is 1. The van der Waals surface area contributed by atoms with Crippen molar-refractivity contribution >= 4 is 39.2 Å². The second kappa shape index (κ2) is 12.4. The molecule has 5 fully saturated rings. The Balaban J connectivity index is 1.12. The number of nitrogens with zero attached hydrogens (tertiary/aromatic N) is 6. The van der Waals surface area contributed by atoms with E-state index >= 15 is 4.39 Å². The van der Waals surface area contributed by atoms with Gasteiger partial charge in [0.1, 0.15) is 28.0 Å². The van der Waals surface area contributed by atoms with E-state index in [1.165, 1.54) is 52.2 Å². The number of fused-ring (bicyclic) bond motifs is 3. The average Bonchev–Trinajstić information content (AvgIpc) is 3.62. The molecule has 3 atom stereocenters. The molecule has 0 radical (unpaired) electrons. The molecule has 11 nitrogen and oxygen atoms in total. The van der Waals surface area contributed by atoms with Crippen molar-refractivity contribution in [3.63, 3.8) is 0 Å². The third kappa shape index (κ3) is 5.81. The fraction of sp³-hybridized carbons (Fsp3) is 0.632. The Labute approximate surface area is 302 Å². The van der Waals surface area contributed by atoms with E-state index < -0.39 is 11.4 Å². The summed E-state index contributed by atoms with van der Waals surface area (Å²) in [5, 5.41) is 19.6. The summed E-state index contributed by atoms with van der Waals surface area (Å²) in [6.45, 7) is 7.52. The summed E-state index contributed by atoms with van der Waals surface area (Å²) < 4.78 is 35.4. The number of aromatic nitrogens is 5. The number of piperidine rings is 1. The lowest BCUT2D eigenvalue weighted by Gasteiger charge is -2.49. The van der Waals surface area contributed by atoms with Gasteiger partial charge in [-0.3, -0.25) is 10.00 Å². The lowest BCUT2D eigenvalue weighted by Crippen LogP contribution is -2.54. The molecule has 2 aliphatic heterocycles. The van der Waals surface area contributed by atoms with E-state index in [1.54, 1.807) is 13.1 Å². The zero-order valence-electron chi connectivity index (χ0n) is 29.7. The van der Waals surface area contributed by atoms with Crippen LogP contribution >= 0.6 is 11.6 Å². The molecule has 1 spiro atoms. The van der Waals surface area contributed by atoms with Crippen molar-refractivity contribution in [2.24, 2.45) is 16.7 Å². The Hall–Kier alpha value is -3.32. The highest BCUT2D eigenvalue weighted by Crippen LogP contribution is 2.63. The summed E-state index contributed by atoms with van der Waals surface area (Å²) in [5.74, 6) is 0.672. The zero-order valence-corrected chi connectivity index (χ0v) is 30.5. The maximum Gasteiger partial charge on any atom is 0.319 e. The molecule has 5 heterocycles. The predicted molar refractivity (Wildman–Crippen MR) is 193 cm³/mol. The molecular weight excluding hydrogens is 673 g/mol. The summed E-state index contributed by atoms with van der Waals surface area (Å²) in [4.78, 5) is 19.1. The molecule has 1 aromatic carbocycles. The van der Waals surface area contributed by atoms with Crippen LogP contribution in [0.5, 0.6) is 11.9 Å². The summed E-state index contributed by atoms with van der Waals surface area (Å²) in [5.41, 5.74) is 1.42. The first-order valence-corrected chi connectivity index (χ1v) is 19.0. The summed E-state index contributed by atoms with van der Waals surface area (Å²) >= 11 is 6.88. The van der Waals surface area contributed by atoms with Gasteiger partial charge in [-0.25, -0.2) is 9.37 Å². The molecule has 9 rings (SSSR count). The van der Waals surface area contributed by atoms with E-state index in [9.17, 15) is 5.11 Å². The molecule has 51 heavy (non-hydrogen) atoms. The fourth-order valence-electron chi connectivity index (χ4n) is 9.98. The van der Waals surface area contributed by atoms with Crippen LogP contribution in [0, 0.1) is 29.5 Å². The largest absolute Gasteiger partial charge is 0.480 e. The lowest BCUT2D eigenvalue weighted by atomic mass is 9.70. The summed E-state index contributed by atoms with van der Waals surface area (Å²) in [6, 6.07) is 2.44. The number of likely N-dealkylation sites (tertiary alicyclic amines) is 1. The number of halogens is 2. The molecule has 0 bridgehead atoms. The number of aryl methyl sites for hydroxylation is 1. The van der Waals surface area contributed by atoms with Gasteiger partial charge in [-0.15, -0.1) is 0 Å². The number of rotatable bonds is 8. The van der Waals surface area contributed by atoms with Gasteiger partial charge in [0.25, 0.3) is 0 Å². The summed E-state index contributed by atoms with van der Waals surface area (Å²) in [6.07, 6.45) is 12.9. The smallest absolute Gasteiger partial charge is 0.319 e. The van der Waals surface area contributed by atoms with Gasteiger partial charge in [-0.1, -0.05) is 18.0 Å². The number of H-pyrrole nitrogens is 1. The van der Waals surface area contributed by atoms with E-state index in [2.05, 4.69) is 15.1 Å². The second-order valence-electron chi connectivity index (χ2n) is 16.5. The normalized spacial score (nSPS) is 27.9. The van der Waals surface area contributed by atoms with Crippen molar-refractivity contribution in [1.29, 1.82) is 0 Å². The van der Waals surface area contributed by atoms with Gasteiger partial charge in [0.15, 0.2) is 5.82 Å². The van der Waals surface area contributed by atoms with E-state index in [4.69, 9.17) is 40.8 Å². The van der Waals surface area contributed by atoms with Crippen molar-refractivity contribution in [2.45, 2.75) is 83.3 Å². The number of β-amino-alcohol motifs (C(OH)–C–C–N with tert-alkyl or cyclic N) is 1. The highest BCUT2D eigenvalue weighted by molar-refractivity contribution is 6.35. The first kappa shape index (κ1) is 33.5. The number of pyridine rings is 1. The average molecular weight is 720 g/mol. The quantitative estimate of drug-likeness (QED) is 0.210. The fourth-order valence-corrected chi connectivity index (χ4v) is 10.2. The molecule has 3 aromatic heterocycles. The Morgan fingerprint density at radius 1 is 1.14 bits per heavy atom. The zero-order chi connectivity index (χ0) is 35.1. The minimum absolute atomic E-state index is 0.000517. The van der Waals surface area contributed by atoms with Gasteiger partial charge in [-0.05, 0) is 94.7 Å². The first-order chi connectivity index (χ1) is 24.6. The van der Waals surface area contributed by atoms with Crippen molar-refractivity contribution in [1.82, 2.24) is 30.0 Å². The van der Waals surface area contributed by atoms with E-state index in [1.807, 2.05) is 17.9 Å². The Kier molecular flexibility index (Phi) is 8.14. The van der Waals surface area contributed by atoms with E-state index in [-0.39, 0.29) is 41.7 Å². The Morgan fingerprint density at radius 2 is 1.96 bits per heavy atom. The van der Waals surface area contributed by atoms with Gasteiger partial charge in [-0.2, -0.15) is 15.1 Å². The third-order valence-corrected chi connectivity index (χ3v) is 13.0. The standard InChI is InChI=1S/C38H47ClFN7O4/c1-22-14-25-24(17-41-45-25)27(29(22)39)31-30(40)32-28(34(42-31)49-3)33(47-12-13-50-20-36(2,48)19-47)44-35(43-32)51-21-38-7-4-6-26(38)46(11-5-8-38)18-23-15-37(16-23)9-10-37/h14,17,23,26,48H,4-13,15-16,18-21H2,1-3H3,(H,41,45). The van der Waals surface area contributed by atoms with Gasteiger partial charge >= 0.3 is 6.01 Å². The van der Waals surface area contributed by atoms with Crippen LogP contribution < -0.4 is 14.4 Å². The van der Waals surface area contributed by atoms with E-state index in [0.29, 0.717) is 63.9 Å². The monoisotopic (exact) mass is 719 g/mol. The van der Waals surface area contributed by atoms with Crippen LogP contribution in [-0.2, 0) is 4.74 Å². The predicted octanol–water partition coefficient (Wildman–Crippen LogP) is 6.47. The number of aromatic amines is 1. The molecule has 3 saturated carbocycles. The molecule has 0 amide bonds. The van der Waals surface area contributed by atoms with Crippen molar-refractivity contribution < 1.29 is 23.7 Å². The van der Waals surface area contributed by atoms with Crippen molar-refractivity contribution in [3.05, 3.63) is 28.7 Å². The minimum atomic E-state index is -1.17. The number of methoxy groups -OCH3 is 1. The maximum absolute atomic E-state index is 17.2. The Bertz CT molecular complexity index is 1990. The first-order valence-electron chi connectivity index (χ1n) is 18.6. The number of aliphatic hydroxyl groups is 1. The van der Waals surface area contributed by atoms with Crippen LogP contribution in [-0.4, -0.2) is 99.9 Å². The van der Waals surface area contributed by atoms with Crippen molar-refractivity contribution in [2.75, 3.05) is 58.0 Å². The highest BCUT2D eigenvalue weighted by Gasteiger charge is 2.55. The number of hydrogen-bond donors (Lipinski definition) is 2. The summed E-state index contributed by atoms with van der Waals surface area (Å²) in [7, 11) is 1.49. The molecule has 2 saturated heterocycles. The molecule has 13 heteroatoms. The van der Waals surface area contributed by atoms with Crippen LogP contribution in [0.4, 0.5) is 10.2 Å². The lowest BCUT2D eigenvalue weighted by molar-refractivity contribution is -0.0213. The van der Waals surface area contributed by atoms with Crippen molar-refractivity contribution in [3.8, 4) is 23.1 Å². The minimum Gasteiger partial charge on any atom is -0.480 e. The van der Waals surface area contributed by atoms with Gasteiger partial charge in [0.05, 0.1) is 50.2 Å². The molecule has 2 N–H and O–H groups in total. The molecular formula is C38H47ClFN7O4. The molecule has 4 aromatic rings. The molecule has 3 unspecified atom stereocenters.